The van der Waals surface area contributed by atoms with Gasteiger partial charge in [-0.15, -0.1) is 0 Å². The second kappa shape index (κ2) is 7.31. The predicted octanol–water partition coefficient (Wildman–Crippen LogP) is 3.95. The Hall–Kier alpha value is -2.60. The summed E-state index contributed by atoms with van der Waals surface area (Å²) >= 11 is 3.42. The summed E-state index contributed by atoms with van der Waals surface area (Å²) in [5, 5.41) is 7.12. The van der Waals surface area contributed by atoms with Gasteiger partial charge >= 0.3 is 0 Å². The van der Waals surface area contributed by atoms with Crippen molar-refractivity contribution < 1.29 is 9.53 Å². The third kappa shape index (κ3) is 4.02. The van der Waals surface area contributed by atoms with E-state index in [4.69, 9.17) is 4.74 Å². The molecule has 0 aliphatic carbocycles. The molecule has 6 heteroatoms. The van der Waals surface area contributed by atoms with Crippen LogP contribution in [0.25, 0.3) is 0 Å². The minimum absolute atomic E-state index is 0.180. The van der Waals surface area contributed by atoms with Crippen molar-refractivity contribution in [3.05, 3.63) is 76.5 Å². The molecule has 0 atom stereocenters. The third-order valence-electron chi connectivity index (χ3n) is 3.50. The van der Waals surface area contributed by atoms with Crippen LogP contribution in [0.4, 0.5) is 5.69 Å². The van der Waals surface area contributed by atoms with Gasteiger partial charge < -0.3 is 10.1 Å². The minimum atomic E-state index is -0.180. The Labute approximate surface area is 148 Å². The first-order valence-corrected chi connectivity index (χ1v) is 8.15. The van der Waals surface area contributed by atoms with E-state index in [9.17, 15) is 4.79 Å². The lowest BCUT2D eigenvalue weighted by atomic mass is 10.2. The molecule has 0 saturated heterocycles. The highest BCUT2D eigenvalue weighted by molar-refractivity contribution is 9.10. The second-order valence-electron chi connectivity index (χ2n) is 5.24. The fraction of sp³-hybridized carbons (Fsp3) is 0.111. The average molecular weight is 386 g/mol. The van der Waals surface area contributed by atoms with Crippen LogP contribution in [0.15, 0.2) is 65.4 Å². The first kappa shape index (κ1) is 16.3. The Bertz CT molecular complexity index is 826. The molecule has 1 amide bonds. The van der Waals surface area contributed by atoms with Gasteiger partial charge in [0.25, 0.3) is 5.91 Å². The van der Waals surface area contributed by atoms with Crippen LogP contribution in [0, 0.1) is 0 Å². The molecule has 3 aromatic rings. The first-order chi connectivity index (χ1) is 11.6. The first-order valence-electron chi connectivity index (χ1n) is 7.36. The van der Waals surface area contributed by atoms with Crippen LogP contribution in [-0.2, 0) is 6.54 Å². The molecule has 0 aliphatic rings. The van der Waals surface area contributed by atoms with Gasteiger partial charge in [0.2, 0.25) is 0 Å². The number of anilines is 1. The lowest BCUT2D eigenvalue weighted by Gasteiger charge is -2.04. The quantitative estimate of drug-likeness (QED) is 0.723. The number of carbonyl (C=O) groups is 1. The number of methoxy groups -OCH3 is 1. The summed E-state index contributed by atoms with van der Waals surface area (Å²) in [5.74, 6) is 0.537. The summed E-state index contributed by atoms with van der Waals surface area (Å²) in [4.78, 5) is 12.2. The van der Waals surface area contributed by atoms with E-state index in [1.807, 2.05) is 30.5 Å². The maximum Gasteiger partial charge on any atom is 0.255 e. The number of hydrogen-bond acceptors (Lipinski definition) is 3. The highest BCUT2D eigenvalue weighted by atomic mass is 79.9. The maximum atomic E-state index is 12.2. The molecule has 0 saturated carbocycles. The molecule has 1 aromatic heterocycles. The zero-order valence-corrected chi connectivity index (χ0v) is 14.7. The lowest BCUT2D eigenvalue weighted by molar-refractivity contribution is 0.102. The molecule has 0 bridgehead atoms. The zero-order chi connectivity index (χ0) is 16.9. The van der Waals surface area contributed by atoms with E-state index in [1.54, 1.807) is 42.3 Å². The van der Waals surface area contributed by atoms with Crippen LogP contribution < -0.4 is 10.1 Å². The van der Waals surface area contributed by atoms with Crippen LogP contribution in [0.1, 0.15) is 15.9 Å². The number of halogens is 1. The summed E-state index contributed by atoms with van der Waals surface area (Å²) in [6.07, 6.45) is 3.45. The molecular weight excluding hydrogens is 370 g/mol. The molecule has 1 N–H and O–H groups in total. The van der Waals surface area contributed by atoms with Gasteiger partial charge in [-0.3, -0.25) is 9.48 Å². The molecule has 24 heavy (non-hydrogen) atoms. The monoisotopic (exact) mass is 385 g/mol. The van der Waals surface area contributed by atoms with Crippen molar-refractivity contribution in [3.63, 3.8) is 0 Å². The summed E-state index contributed by atoms with van der Waals surface area (Å²) < 4.78 is 7.91. The van der Waals surface area contributed by atoms with Gasteiger partial charge in [0.05, 0.1) is 25.5 Å². The van der Waals surface area contributed by atoms with Crippen LogP contribution in [0.5, 0.6) is 5.75 Å². The van der Waals surface area contributed by atoms with Crippen molar-refractivity contribution in [1.82, 2.24) is 9.78 Å². The van der Waals surface area contributed by atoms with E-state index in [0.717, 1.165) is 10.0 Å². The van der Waals surface area contributed by atoms with Gasteiger partial charge in [0.15, 0.2) is 0 Å². The van der Waals surface area contributed by atoms with Gasteiger partial charge in [0, 0.05) is 16.2 Å². The second-order valence-corrected chi connectivity index (χ2v) is 6.15. The van der Waals surface area contributed by atoms with E-state index in [1.165, 1.54) is 0 Å². The number of hydrogen-bond donors (Lipinski definition) is 1. The fourth-order valence-electron chi connectivity index (χ4n) is 2.24. The average Bonchev–Trinajstić information content (AvgIpc) is 3.04. The van der Waals surface area contributed by atoms with Crippen molar-refractivity contribution in [1.29, 1.82) is 0 Å². The van der Waals surface area contributed by atoms with Crippen molar-refractivity contribution >= 4 is 27.5 Å². The fourth-order valence-corrected chi connectivity index (χ4v) is 2.50. The zero-order valence-electron chi connectivity index (χ0n) is 13.1. The Morgan fingerprint density at radius 2 is 1.88 bits per heavy atom. The largest absolute Gasteiger partial charge is 0.497 e. The van der Waals surface area contributed by atoms with Crippen LogP contribution in [-0.4, -0.2) is 22.8 Å². The molecule has 5 nitrogen and oxygen atoms in total. The summed E-state index contributed by atoms with van der Waals surface area (Å²) in [6.45, 7) is 0.645. The summed E-state index contributed by atoms with van der Waals surface area (Å²) in [7, 11) is 1.59. The number of amides is 1. The topological polar surface area (TPSA) is 56.1 Å². The lowest BCUT2D eigenvalue weighted by Crippen LogP contribution is -2.11. The van der Waals surface area contributed by atoms with Crippen molar-refractivity contribution in [2.75, 3.05) is 12.4 Å². The van der Waals surface area contributed by atoms with Gasteiger partial charge in [-0.1, -0.05) is 28.1 Å². The van der Waals surface area contributed by atoms with Crippen LogP contribution in [0.2, 0.25) is 0 Å². The summed E-state index contributed by atoms with van der Waals surface area (Å²) in [5.41, 5.74) is 2.36. The van der Waals surface area contributed by atoms with Crippen molar-refractivity contribution in [2.24, 2.45) is 0 Å². The Morgan fingerprint density at radius 3 is 2.54 bits per heavy atom. The number of aromatic nitrogens is 2. The number of nitrogens with zero attached hydrogens (tertiary/aromatic N) is 2. The standard InChI is InChI=1S/C18H16BrN3O2/c1-24-17-8-4-14(5-9-17)18(23)21-16-10-20-22(12-16)11-13-2-6-15(19)7-3-13/h2-10,12H,11H2,1H3,(H,21,23). The van der Waals surface area contributed by atoms with E-state index >= 15 is 0 Å². The van der Waals surface area contributed by atoms with Gasteiger partial charge in [-0.05, 0) is 42.0 Å². The van der Waals surface area contributed by atoms with Gasteiger partial charge in [-0.25, -0.2) is 0 Å². The number of benzene rings is 2. The molecule has 0 radical (unpaired) electrons. The highest BCUT2D eigenvalue weighted by Crippen LogP contribution is 2.15. The third-order valence-corrected chi connectivity index (χ3v) is 4.03. The number of ether oxygens (including phenoxy) is 1. The smallest absolute Gasteiger partial charge is 0.255 e. The Morgan fingerprint density at radius 1 is 1.17 bits per heavy atom. The molecule has 1 heterocycles. The molecular formula is C18H16BrN3O2. The van der Waals surface area contributed by atoms with Crippen molar-refractivity contribution in [2.45, 2.75) is 6.54 Å². The predicted molar refractivity (Wildman–Crippen MR) is 96.4 cm³/mol. The van der Waals surface area contributed by atoms with Crippen molar-refractivity contribution in [3.8, 4) is 5.75 Å². The van der Waals surface area contributed by atoms with Crippen LogP contribution in [0.3, 0.4) is 0 Å². The minimum Gasteiger partial charge on any atom is -0.497 e. The van der Waals surface area contributed by atoms with Crippen LogP contribution >= 0.6 is 15.9 Å². The SMILES string of the molecule is COc1ccc(C(=O)Nc2cnn(Cc3ccc(Br)cc3)c2)cc1. The Kier molecular flexibility index (Phi) is 4.96. The van der Waals surface area contributed by atoms with E-state index in [0.29, 0.717) is 23.5 Å². The number of carbonyl (C=O) groups excluding carboxylic acids is 1. The highest BCUT2D eigenvalue weighted by Gasteiger charge is 2.08. The van der Waals surface area contributed by atoms with E-state index < -0.39 is 0 Å². The molecule has 0 fully saturated rings. The van der Waals surface area contributed by atoms with E-state index in [2.05, 4.69) is 26.3 Å². The normalized spacial score (nSPS) is 10.4. The molecule has 0 aliphatic heterocycles. The van der Waals surface area contributed by atoms with Gasteiger partial charge in [-0.2, -0.15) is 5.10 Å². The van der Waals surface area contributed by atoms with E-state index in [-0.39, 0.29) is 5.91 Å². The summed E-state index contributed by atoms with van der Waals surface area (Å²) in [6, 6.07) is 15.0. The molecule has 0 unspecified atom stereocenters. The molecule has 0 spiro atoms. The molecule has 2 aromatic carbocycles. The number of nitrogens with one attached hydrogen (secondary N) is 1. The number of rotatable bonds is 5. The maximum absolute atomic E-state index is 12.2. The molecule has 122 valence electrons. The Balaban J connectivity index is 1.64. The molecule has 3 rings (SSSR count). The van der Waals surface area contributed by atoms with Gasteiger partial charge in [0.1, 0.15) is 5.75 Å².